The molecule has 0 heterocycles. The normalized spacial score (nSPS) is 12.8. The molecule has 2 nitrogen and oxygen atoms in total. The molecule has 0 amide bonds. The second-order valence-corrected chi connectivity index (χ2v) is 5.78. The Morgan fingerprint density at radius 1 is 1.17 bits per heavy atom. The molecule has 0 spiro atoms. The molecule has 2 heteroatoms. The number of anilines is 1. The van der Waals surface area contributed by atoms with Gasteiger partial charge in [0.05, 0.1) is 0 Å². The number of aryl methyl sites for hydroxylation is 1. The fraction of sp³-hybridized carbons (Fsp3) is 0.625. The van der Waals surface area contributed by atoms with Gasteiger partial charge in [0, 0.05) is 19.3 Å². The summed E-state index contributed by atoms with van der Waals surface area (Å²) in [5, 5.41) is 0. The van der Waals surface area contributed by atoms with Crippen molar-refractivity contribution < 1.29 is 0 Å². The Morgan fingerprint density at radius 2 is 1.78 bits per heavy atom. The van der Waals surface area contributed by atoms with Gasteiger partial charge in [-0.1, -0.05) is 31.5 Å². The van der Waals surface area contributed by atoms with Crippen LogP contribution in [0.15, 0.2) is 24.3 Å². The van der Waals surface area contributed by atoms with Crippen LogP contribution in [0, 0.1) is 18.8 Å². The lowest BCUT2D eigenvalue weighted by Gasteiger charge is -2.23. The van der Waals surface area contributed by atoms with E-state index in [1.165, 1.54) is 24.1 Å². The van der Waals surface area contributed by atoms with Crippen molar-refractivity contribution in [2.75, 3.05) is 25.0 Å². The van der Waals surface area contributed by atoms with Crippen molar-refractivity contribution in [3.05, 3.63) is 29.8 Å². The summed E-state index contributed by atoms with van der Waals surface area (Å²) in [6.45, 7) is 8.55. The van der Waals surface area contributed by atoms with Crippen molar-refractivity contribution in [2.24, 2.45) is 17.6 Å². The highest BCUT2D eigenvalue weighted by atomic mass is 15.1. The number of hydrogen-bond acceptors (Lipinski definition) is 2. The minimum Gasteiger partial charge on any atom is -0.375 e. The van der Waals surface area contributed by atoms with Crippen LogP contribution in [0.4, 0.5) is 5.69 Å². The molecule has 1 aromatic rings. The highest BCUT2D eigenvalue weighted by molar-refractivity contribution is 5.46. The van der Waals surface area contributed by atoms with Crippen LogP contribution in [0.3, 0.4) is 0 Å². The first kappa shape index (κ1) is 15.0. The Morgan fingerprint density at radius 3 is 2.28 bits per heavy atom. The SMILES string of the molecule is Cc1ccc(N(C)CCC(CN)CC(C)C)cc1. The number of rotatable bonds is 7. The zero-order chi connectivity index (χ0) is 13.5. The van der Waals surface area contributed by atoms with Gasteiger partial charge < -0.3 is 10.6 Å². The van der Waals surface area contributed by atoms with Gasteiger partial charge in [-0.15, -0.1) is 0 Å². The molecule has 0 aliphatic heterocycles. The third kappa shape index (κ3) is 5.09. The van der Waals surface area contributed by atoms with Crippen LogP contribution in [0.25, 0.3) is 0 Å². The summed E-state index contributed by atoms with van der Waals surface area (Å²) in [5.74, 6) is 1.39. The maximum absolute atomic E-state index is 5.85. The predicted octanol–water partition coefficient (Wildman–Crippen LogP) is 3.44. The molecule has 0 bridgehead atoms. The van der Waals surface area contributed by atoms with Crippen molar-refractivity contribution in [1.82, 2.24) is 0 Å². The van der Waals surface area contributed by atoms with Crippen molar-refractivity contribution in [3.63, 3.8) is 0 Å². The van der Waals surface area contributed by atoms with Gasteiger partial charge in [0.15, 0.2) is 0 Å². The van der Waals surface area contributed by atoms with E-state index in [4.69, 9.17) is 5.73 Å². The molecule has 102 valence electrons. The van der Waals surface area contributed by atoms with Crippen molar-refractivity contribution in [1.29, 1.82) is 0 Å². The fourth-order valence-corrected chi connectivity index (χ4v) is 2.30. The topological polar surface area (TPSA) is 29.3 Å². The Hall–Kier alpha value is -1.02. The quantitative estimate of drug-likeness (QED) is 0.801. The van der Waals surface area contributed by atoms with E-state index >= 15 is 0 Å². The van der Waals surface area contributed by atoms with Crippen molar-refractivity contribution in [2.45, 2.75) is 33.6 Å². The Balaban J connectivity index is 2.44. The third-order valence-electron chi connectivity index (χ3n) is 3.49. The van der Waals surface area contributed by atoms with E-state index in [1.807, 2.05) is 0 Å². The van der Waals surface area contributed by atoms with Crippen molar-refractivity contribution in [3.8, 4) is 0 Å². The predicted molar refractivity (Wildman–Crippen MR) is 81.1 cm³/mol. The zero-order valence-electron chi connectivity index (χ0n) is 12.3. The highest BCUT2D eigenvalue weighted by Crippen LogP contribution is 2.18. The molecular weight excluding hydrogens is 220 g/mol. The standard InChI is InChI=1S/C16H28N2/c1-13(2)11-15(12-17)9-10-18(4)16-7-5-14(3)6-8-16/h5-8,13,15H,9-12,17H2,1-4H3. The molecule has 0 aromatic heterocycles. The largest absolute Gasteiger partial charge is 0.375 e. The molecule has 18 heavy (non-hydrogen) atoms. The van der Waals surface area contributed by atoms with E-state index in [0.29, 0.717) is 5.92 Å². The van der Waals surface area contributed by atoms with E-state index in [-0.39, 0.29) is 0 Å². The maximum Gasteiger partial charge on any atom is 0.0363 e. The molecule has 0 aliphatic carbocycles. The summed E-state index contributed by atoms with van der Waals surface area (Å²) in [7, 11) is 2.16. The lowest BCUT2D eigenvalue weighted by molar-refractivity contribution is 0.396. The number of benzene rings is 1. The van der Waals surface area contributed by atoms with Gasteiger partial charge in [0.2, 0.25) is 0 Å². The minimum atomic E-state index is 0.651. The van der Waals surface area contributed by atoms with Crippen LogP contribution in [-0.2, 0) is 0 Å². The summed E-state index contributed by atoms with van der Waals surface area (Å²) < 4.78 is 0. The highest BCUT2D eigenvalue weighted by Gasteiger charge is 2.10. The van der Waals surface area contributed by atoms with Crippen LogP contribution in [0.5, 0.6) is 0 Å². The van der Waals surface area contributed by atoms with E-state index in [9.17, 15) is 0 Å². The van der Waals surface area contributed by atoms with E-state index in [0.717, 1.165) is 19.0 Å². The van der Waals surface area contributed by atoms with Crippen LogP contribution in [0.2, 0.25) is 0 Å². The molecule has 1 unspecified atom stereocenters. The molecular formula is C16H28N2. The average Bonchev–Trinajstić information content (AvgIpc) is 2.34. The van der Waals surface area contributed by atoms with Gasteiger partial charge in [0.25, 0.3) is 0 Å². The first-order valence-electron chi connectivity index (χ1n) is 7.00. The molecule has 0 radical (unpaired) electrons. The lowest BCUT2D eigenvalue weighted by Crippen LogP contribution is -2.25. The Labute approximate surface area is 112 Å². The summed E-state index contributed by atoms with van der Waals surface area (Å²) in [5.41, 5.74) is 8.45. The number of nitrogens with two attached hydrogens (primary N) is 1. The molecule has 1 rings (SSSR count). The first-order chi connectivity index (χ1) is 8.52. The summed E-state index contributed by atoms with van der Waals surface area (Å²) in [6.07, 6.45) is 2.41. The van der Waals surface area contributed by atoms with Crippen LogP contribution in [-0.4, -0.2) is 20.1 Å². The van der Waals surface area contributed by atoms with Gasteiger partial charge in [-0.2, -0.15) is 0 Å². The summed E-state index contributed by atoms with van der Waals surface area (Å²) in [4.78, 5) is 2.32. The minimum absolute atomic E-state index is 0.651. The summed E-state index contributed by atoms with van der Waals surface area (Å²) >= 11 is 0. The van der Waals surface area contributed by atoms with Crippen molar-refractivity contribution >= 4 is 5.69 Å². The molecule has 0 saturated heterocycles. The Bertz CT molecular complexity index is 329. The molecule has 2 N–H and O–H groups in total. The van der Waals surface area contributed by atoms with E-state index in [1.54, 1.807) is 0 Å². The second kappa shape index (κ2) is 7.42. The van der Waals surface area contributed by atoms with Crippen LogP contribution < -0.4 is 10.6 Å². The van der Waals surface area contributed by atoms with E-state index < -0.39 is 0 Å². The van der Waals surface area contributed by atoms with Gasteiger partial charge in [-0.05, 0) is 50.3 Å². The van der Waals surface area contributed by atoms with Crippen LogP contribution >= 0.6 is 0 Å². The average molecular weight is 248 g/mol. The first-order valence-corrected chi connectivity index (χ1v) is 7.00. The van der Waals surface area contributed by atoms with E-state index in [2.05, 4.69) is 57.0 Å². The molecule has 0 aliphatic rings. The van der Waals surface area contributed by atoms with Gasteiger partial charge >= 0.3 is 0 Å². The summed E-state index contributed by atoms with van der Waals surface area (Å²) in [6, 6.07) is 8.71. The number of hydrogen-bond donors (Lipinski definition) is 1. The lowest BCUT2D eigenvalue weighted by atomic mass is 9.94. The monoisotopic (exact) mass is 248 g/mol. The van der Waals surface area contributed by atoms with Crippen LogP contribution in [0.1, 0.15) is 32.3 Å². The Kier molecular flexibility index (Phi) is 6.20. The van der Waals surface area contributed by atoms with Gasteiger partial charge in [-0.25, -0.2) is 0 Å². The number of nitrogens with zero attached hydrogens (tertiary/aromatic N) is 1. The molecule has 0 saturated carbocycles. The van der Waals surface area contributed by atoms with Gasteiger partial charge in [0.1, 0.15) is 0 Å². The second-order valence-electron chi connectivity index (χ2n) is 5.78. The maximum atomic E-state index is 5.85. The molecule has 1 aromatic carbocycles. The zero-order valence-corrected chi connectivity index (χ0v) is 12.3. The smallest absolute Gasteiger partial charge is 0.0363 e. The third-order valence-corrected chi connectivity index (χ3v) is 3.49. The fourth-order valence-electron chi connectivity index (χ4n) is 2.30. The molecule has 0 fully saturated rings. The van der Waals surface area contributed by atoms with Gasteiger partial charge in [-0.3, -0.25) is 0 Å². The molecule has 1 atom stereocenters.